The van der Waals surface area contributed by atoms with E-state index in [-0.39, 0.29) is 23.5 Å². The van der Waals surface area contributed by atoms with E-state index in [2.05, 4.69) is 15.4 Å². The fraction of sp³-hybridized carbons (Fsp3) is 0.423. The largest absolute Gasteiger partial charge is 0.438 e. The van der Waals surface area contributed by atoms with E-state index in [1.165, 1.54) is 4.52 Å². The summed E-state index contributed by atoms with van der Waals surface area (Å²) < 4.78 is 12.6. The van der Waals surface area contributed by atoms with Crippen LogP contribution in [0, 0.1) is 5.41 Å². The monoisotopic (exact) mass is 493 g/mol. The molecule has 0 saturated carbocycles. The first kappa shape index (κ1) is 25.3. The maximum Gasteiger partial charge on any atom is 0.237 e. The summed E-state index contributed by atoms with van der Waals surface area (Å²) in [7, 11) is 0. The zero-order chi connectivity index (χ0) is 25.7. The molecule has 36 heavy (non-hydrogen) atoms. The number of ether oxygens (including phenoxy) is 2. The Morgan fingerprint density at radius 3 is 2.67 bits per heavy atom. The molecule has 2 aliphatic heterocycles. The highest BCUT2D eigenvalue weighted by atomic mass is 16.5. The second-order valence-corrected chi connectivity index (χ2v) is 9.01. The van der Waals surface area contributed by atoms with Gasteiger partial charge in [0.1, 0.15) is 18.0 Å². The number of imidazole rings is 1. The van der Waals surface area contributed by atoms with Crippen LogP contribution in [0.1, 0.15) is 39.2 Å². The molecule has 10 nitrogen and oxygen atoms in total. The van der Waals surface area contributed by atoms with Crippen LogP contribution >= 0.6 is 0 Å². The molecule has 2 fully saturated rings. The van der Waals surface area contributed by atoms with Crippen molar-refractivity contribution < 1.29 is 23.9 Å². The van der Waals surface area contributed by atoms with Gasteiger partial charge in [-0.25, -0.2) is 9.50 Å². The maximum absolute atomic E-state index is 12.5. The summed E-state index contributed by atoms with van der Waals surface area (Å²) >= 11 is 0. The van der Waals surface area contributed by atoms with Crippen LogP contribution in [0.4, 0.5) is 5.82 Å². The lowest BCUT2D eigenvalue weighted by molar-refractivity contribution is -0.137. The molecular formula is C26H31N5O5. The van der Waals surface area contributed by atoms with Crippen molar-refractivity contribution in [3.8, 4) is 11.6 Å². The van der Waals surface area contributed by atoms with Gasteiger partial charge in [-0.1, -0.05) is 26.0 Å². The molecule has 0 aliphatic carbocycles. The summed E-state index contributed by atoms with van der Waals surface area (Å²) in [6.45, 7) is 8.23. The Balaban J connectivity index is 0.00000148. The Bertz CT molecular complexity index is 1270. The Morgan fingerprint density at radius 2 is 1.97 bits per heavy atom. The number of anilines is 1. The molecule has 2 aliphatic rings. The van der Waals surface area contributed by atoms with Crippen molar-refractivity contribution in [2.24, 2.45) is 5.41 Å². The van der Waals surface area contributed by atoms with Gasteiger partial charge < -0.3 is 19.7 Å². The number of ketones is 1. The summed E-state index contributed by atoms with van der Waals surface area (Å²) in [6, 6.07) is 10.6. The van der Waals surface area contributed by atoms with Crippen molar-refractivity contribution >= 4 is 29.1 Å². The lowest BCUT2D eigenvalue weighted by Crippen LogP contribution is -2.45. The molecule has 0 atom stereocenters. The van der Waals surface area contributed by atoms with Gasteiger partial charge in [-0.2, -0.15) is 0 Å². The minimum atomic E-state index is -0.419. The fourth-order valence-electron chi connectivity index (χ4n) is 4.32. The van der Waals surface area contributed by atoms with Gasteiger partial charge in [0.05, 0.1) is 19.4 Å². The van der Waals surface area contributed by atoms with Gasteiger partial charge >= 0.3 is 0 Å². The van der Waals surface area contributed by atoms with Crippen molar-refractivity contribution in [1.29, 1.82) is 0 Å². The number of carbonyl (C=O) groups is 3. The van der Waals surface area contributed by atoms with E-state index < -0.39 is 5.91 Å². The summed E-state index contributed by atoms with van der Waals surface area (Å²) in [5.41, 5.74) is 1.47. The van der Waals surface area contributed by atoms with Gasteiger partial charge in [-0.15, -0.1) is 5.10 Å². The number of hydrogen-bond donors (Lipinski definition) is 1. The second-order valence-electron chi connectivity index (χ2n) is 9.01. The van der Waals surface area contributed by atoms with E-state index in [1.54, 1.807) is 42.3 Å². The molecule has 5 rings (SSSR count). The number of nitrogens with zero attached hydrogens (tertiary/aromatic N) is 4. The van der Waals surface area contributed by atoms with Crippen molar-refractivity contribution in [3.05, 3.63) is 48.2 Å². The molecule has 190 valence electrons. The quantitative estimate of drug-likeness (QED) is 0.502. The number of benzene rings is 1. The molecule has 1 N–H and O–H groups in total. The molecule has 1 spiro atoms. The first-order valence-corrected chi connectivity index (χ1v) is 12.2. The lowest BCUT2D eigenvalue weighted by atomic mass is 9.85. The average molecular weight is 494 g/mol. The summed E-state index contributed by atoms with van der Waals surface area (Å²) in [4.78, 5) is 42.3. The highest BCUT2D eigenvalue weighted by Crippen LogP contribution is 2.37. The van der Waals surface area contributed by atoms with Crippen molar-refractivity contribution in [2.45, 2.75) is 40.0 Å². The van der Waals surface area contributed by atoms with E-state index >= 15 is 0 Å². The van der Waals surface area contributed by atoms with Crippen LogP contribution in [0.25, 0.3) is 5.65 Å². The van der Waals surface area contributed by atoms with E-state index in [0.717, 1.165) is 12.0 Å². The van der Waals surface area contributed by atoms with E-state index in [9.17, 15) is 14.4 Å². The van der Waals surface area contributed by atoms with E-state index in [0.29, 0.717) is 55.8 Å². The summed E-state index contributed by atoms with van der Waals surface area (Å²) in [5, 5.41) is 7.04. The van der Waals surface area contributed by atoms with Crippen molar-refractivity contribution in [1.82, 2.24) is 19.5 Å². The van der Waals surface area contributed by atoms with Gasteiger partial charge in [0.2, 0.25) is 17.7 Å². The fourth-order valence-corrected chi connectivity index (χ4v) is 4.32. The molecule has 2 amide bonds. The van der Waals surface area contributed by atoms with Crippen LogP contribution in [-0.4, -0.2) is 63.4 Å². The van der Waals surface area contributed by atoms with Gasteiger partial charge in [-0.05, 0) is 37.1 Å². The Kier molecular flexibility index (Phi) is 7.64. The SMILES string of the molecule is CC.CC(=O)Cc1cccc(Oc2ccc3nc(NC(=O)CC(=O)N4CCC5(COC5)C4)cn3n2)c1. The average Bonchev–Trinajstić information content (AvgIpc) is 3.44. The van der Waals surface area contributed by atoms with Crippen LogP contribution in [-0.2, 0) is 25.5 Å². The zero-order valence-corrected chi connectivity index (χ0v) is 20.8. The number of hydrogen-bond acceptors (Lipinski definition) is 7. The van der Waals surface area contributed by atoms with E-state index in [1.807, 2.05) is 26.0 Å². The molecular weight excluding hydrogens is 462 g/mol. The number of amides is 2. The molecule has 2 saturated heterocycles. The van der Waals surface area contributed by atoms with Crippen molar-refractivity contribution in [2.75, 3.05) is 31.6 Å². The van der Waals surface area contributed by atoms with Crippen LogP contribution in [0.15, 0.2) is 42.6 Å². The molecule has 2 aromatic heterocycles. The molecule has 0 unspecified atom stereocenters. The highest BCUT2D eigenvalue weighted by Gasteiger charge is 2.45. The zero-order valence-electron chi connectivity index (χ0n) is 20.8. The predicted molar refractivity (Wildman–Crippen MR) is 133 cm³/mol. The third-order valence-corrected chi connectivity index (χ3v) is 6.06. The van der Waals surface area contributed by atoms with Gasteiger partial charge in [0.15, 0.2) is 11.5 Å². The number of nitrogens with one attached hydrogen (secondary N) is 1. The molecule has 1 aromatic carbocycles. The first-order chi connectivity index (χ1) is 17.4. The molecule has 3 aromatic rings. The van der Waals surface area contributed by atoms with Gasteiger partial charge in [0, 0.05) is 31.0 Å². The second kappa shape index (κ2) is 10.9. The number of likely N-dealkylation sites (tertiary alicyclic amines) is 1. The summed E-state index contributed by atoms with van der Waals surface area (Å²) in [5.74, 6) is 0.666. The van der Waals surface area contributed by atoms with Crippen LogP contribution in [0.3, 0.4) is 0 Å². The van der Waals surface area contributed by atoms with E-state index in [4.69, 9.17) is 9.47 Å². The van der Waals surface area contributed by atoms with Crippen LogP contribution < -0.4 is 10.1 Å². The smallest absolute Gasteiger partial charge is 0.237 e. The maximum atomic E-state index is 12.5. The standard InChI is InChI=1S/C24H25N5O5.C2H6/c1-16(30)9-17-3-2-4-18(10-17)34-22-6-5-20-25-19(12-29(20)27-22)26-21(31)11-23(32)28-8-7-24(13-28)14-33-15-24;1-2/h2-6,10,12H,7-9,11,13-15H2,1H3,(H,26,31);1-2H3. The van der Waals surface area contributed by atoms with Gasteiger partial charge in [-0.3, -0.25) is 14.4 Å². The Hall–Kier alpha value is -3.79. The molecule has 0 bridgehead atoms. The molecule has 0 radical (unpaired) electrons. The minimum absolute atomic E-state index is 0.0729. The third-order valence-electron chi connectivity index (χ3n) is 6.06. The van der Waals surface area contributed by atoms with Gasteiger partial charge in [0.25, 0.3) is 0 Å². The predicted octanol–water partition coefficient (Wildman–Crippen LogP) is 3.26. The number of rotatable bonds is 7. The van der Waals surface area contributed by atoms with Crippen LogP contribution in [0.2, 0.25) is 0 Å². The molecule has 4 heterocycles. The molecule has 10 heteroatoms. The normalized spacial score (nSPS) is 15.7. The first-order valence-electron chi connectivity index (χ1n) is 12.2. The Labute approximate surface area is 209 Å². The highest BCUT2D eigenvalue weighted by molar-refractivity contribution is 6.03. The number of aromatic nitrogens is 3. The summed E-state index contributed by atoms with van der Waals surface area (Å²) in [6.07, 6.45) is 2.59. The number of fused-ring (bicyclic) bond motifs is 1. The lowest BCUT2D eigenvalue weighted by Gasteiger charge is -2.37. The number of Topliss-reactive ketones (excluding diaryl/α,β-unsaturated/α-hetero) is 1. The Morgan fingerprint density at radius 1 is 1.17 bits per heavy atom. The van der Waals surface area contributed by atoms with Crippen LogP contribution in [0.5, 0.6) is 11.6 Å². The van der Waals surface area contributed by atoms with Crippen molar-refractivity contribution in [3.63, 3.8) is 0 Å². The number of carbonyl (C=O) groups excluding carboxylic acids is 3. The minimum Gasteiger partial charge on any atom is -0.438 e. The third kappa shape index (κ3) is 5.88. The topological polar surface area (TPSA) is 115 Å².